The van der Waals surface area contributed by atoms with Crippen molar-refractivity contribution in [3.63, 3.8) is 0 Å². The molecular formula is C23H40IN5O2S. The van der Waals surface area contributed by atoms with Gasteiger partial charge in [-0.1, -0.05) is 12.1 Å². The minimum atomic E-state index is -3.04. The zero-order valence-electron chi connectivity index (χ0n) is 20.0. The van der Waals surface area contributed by atoms with E-state index >= 15 is 0 Å². The second-order valence-corrected chi connectivity index (χ2v) is 12.0. The predicted molar refractivity (Wildman–Crippen MR) is 145 cm³/mol. The van der Waals surface area contributed by atoms with Crippen LogP contribution < -0.4 is 10.2 Å². The van der Waals surface area contributed by atoms with Crippen LogP contribution >= 0.6 is 24.0 Å². The molecule has 3 rings (SSSR count). The van der Waals surface area contributed by atoms with Gasteiger partial charge in [0.2, 0.25) is 0 Å². The SMILES string of the molecule is CCNC(=NCCCN1CCN(c2cccc(C)c2)CC1)N1CCS(=O)(=O)C(C)(C)C1.I. The maximum Gasteiger partial charge on any atom is 0.193 e. The Bertz CT molecular complexity index is 867. The number of anilines is 1. The van der Waals surface area contributed by atoms with Crippen molar-refractivity contribution < 1.29 is 8.42 Å². The van der Waals surface area contributed by atoms with Crippen LogP contribution in [0.2, 0.25) is 0 Å². The summed E-state index contributed by atoms with van der Waals surface area (Å²) in [4.78, 5) is 11.9. The van der Waals surface area contributed by atoms with Crippen LogP contribution in [0.3, 0.4) is 0 Å². The van der Waals surface area contributed by atoms with E-state index in [-0.39, 0.29) is 29.7 Å². The number of aliphatic imine (C=N–C) groups is 1. The van der Waals surface area contributed by atoms with Crippen LogP contribution in [0.15, 0.2) is 29.3 Å². The fraction of sp³-hybridized carbons (Fsp3) is 0.696. The third kappa shape index (κ3) is 6.96. The number of aryl methyl sites for hydroxylation is 1. The molecule has 0 unspecified atom stereocenters. The van der Waals surface area contributed by atoms with Crippen molar-refractivity contribution in [3.8, 4) is 0 Å². The molecular weight excluding hydrogens is 537 g/mol. The lowest BCUT2D eigenvalue weighted by atomic mass is 10.2. The summed E-state index contributed by atoms with van der Waals surface area (Å²) >= 11 is 0. The molecule has 2 heterocycles. The van der Waals surface area contributed by atoms with Gasteiger partial charge in [-0.25, -0.2) is 8.42 Å². The van der Waals surface area contributed by atoms with E-state index < -0.39 is 14.6 Å². The molecule has 0 spiro atoms. The molecule has 0 aliphatic carbocycles. The molecule has 0 bridgehead atoms. The minimum absolute atomic E-state index is 0. The van der Waals surface area contributed by atoms with Gasteiger partial charge in [-0.15, -0.1) is 24.0 Å². The van der Waals surface area contributed by atoms with Crippen molar-refractivity contribution in [1.82, 2.24) is 15.1 Å². The molecule has 1 aromatic carbocycles. The third-order valence-corrected chi connectivity index (χ3v) is 8.84. The normalized spacial score (nSPS) is 21.2. The summed E-state index contributed by atoms with van der Waals surface area (Å²) in [5.74, 6) is 1.03. The Balaban J connectivity index is 0.00000363. The van der Waals surface area contributed by atoms with Gasteiger partial charge in [0.25, 0.3) is 0 Å². The molecule has 0 aromatic heterocycles. The van der Waals surface area contributed by atoms with E-state index in [4.69, 9.17) is 4.99 Å². The van der Waals surface area contributed by atoms with Gasteiger partial charge in [-0.3, -0.25) is 9.89 Å². The van der Waals surface area contributed by atoms with Crippen LogP contribution in [0.5, 0.6) is 0 Å². The summed E-state index contributed by atoms with van der Waals surface area (Å²) < 4.78 is 23.9. The first-order valence-electron chi connectivity index (χ1n) is 11.5. The van der Waals surface area contributed by atoms with E-state index in [1.165, 1.54) is 11.3 Å². The first-order chi connectivity index (χ1) is 14.7. The van der Waals surface area contributed by atoms with Crippen LogP contribution in [0.1, 0.15) is 32.8 Å². The molecule has 182 valence electrons. The Labute approximate surface area is 211 Å². The zero-order valence-corrected chi connectivity index (χ0v) is 23.2. The van der Waals surface area contributed by atoms with Crippen LogP contribution in [0.4, 0.5) is 5.69 Å². The van der Waals surface area contributed by atoms with E-state index in [1.807, 2.05) is 13.8 Å². The van der Waals surface area contributed by atoms with Crippen molar-refractivity contribution >= 4 is 45.5 Å². The van der Waals surface area contributed by atoms with Crippen molar-refractivity contribution in [2.24, 2.45) is 4.99 Å². The molecule has 7 nitrogen and oxygen atoms in total. The second-order valence-electron chi connectivity index (χ2n) is 9.26. The van der Waals surface area contributed by atoms with E-state index in [0.29, 0.717) is 13.1 Å². The summed E-state index contributed by atoms with van der Waals surface area (Å²) in [6, 6.07) is 8.74. The highest BCUT2D eigenvalue weighted by Crippen LogP contribution is 2.23. The molecule has 2 saturated heterocycles. The largest absolute Gasteiger partial charge is 0.369 e. The molecule has 2 fully saturated rings. The van der Waals surface area contributed by atoms with Crippen molar-refractivity contribution in [2.45, 2.75) is 38.9 Å². The van der Waals surface area contributed by atoms with Crippen molar-refractivity contribution in [2.75, 3.05) is 69.6 Å². The average molecular weight is 578 g/mol. The van der Waals surface area contributed by atoms with E-state index in [2.05, 4.69) is 58.1 Å². The first kappa shape index (κ1) is 27.2. The van der Waals surface area contributed by atoms with E-state index in [9.17, 15) is 8.42 Å². The highest BCUT2D eigenvalue weighted by atomic mass is 127. The number of rotatable bonds is 6. The molecule has 2 aliphatic rings. The van der Waals surface area contributed by atoms with Gasteiger partial charge >= 0.3 is 0 Å². The van der Waals surface area contributed by atoms with Gasteiger partial charge in [0, 0.05) is 64.6 Å². The fourth-order valence-electron chi connectivity index (χ4n) is 4.28. The lowest BCUT2D eigenvalue weighted by molar-refractivity contribution is 0.256. The molecule has 0 amide bonds. The number of benzene rings is 1. The van der Waals surface area contributed by atoms with Crippen molar-refractivity contribution in [3.05, 3.63) is 29.8 Å². The van der Waals surface area contributed by atoms with Crippen LogP contribution in [-0.2, 0) is 9.84 Å². The minimum Gasteiger partial charge on any atom is -0.369 e. The average Bonchev–Trinajstić information content (AvgIpc) is 2.73. The monoisotopic (exact) mass is 577 g/mol. The smallest absolute Gasteiger partial charge is 0.193 e. The Morgan fingerprint density at radius 3 is 2.50 bits per heavy atom. The quantitative estimate of drug-likeness (QED) is 0.243. The molecule has 32 heavy (non-hydrogen) atoms. The van der Waals surface area contributed by atoms with Gasteiger partial charge in [0.1, 0.15) is 0 Å². The first-order valence-corrected chi connectivity index (χ1v) is 13.2. The molecule has 1 aromatic rings. The number of nitrogens with one attached hydrogen (secondary N) is 1. The number of piperazine rings is 1. The predicted octanol–water partition coefficient (Wildman–Crippen LogP) is 2.60. The Morgan fingerprint density at radius 1 is 1.16 bits per heavy atom. The molecule has 0 radical (unpaired) electrons. The number of sulfone groups is 1. The number of guanidine groups is 1. The van der Waals surface area contributed by atoms with Gasteiger partial charge in [-0.05, 0) is 51.8 Å². The zero-order chi connectivity index (χ0) is 22.5. The Hall–Kier alpha value is -1.07. The highest BCUT2D eigenvalue weighted by molar-refractivity contribution is 14.0. The van der Waals surface area contributed by atoms with Crippen LogP contribution in [0.25, 0.3) is 0 Å². The van der Waals surface area contributed by atoms with Gasteiger partial charge in [0.15, 0.2) is 15.8 Å². The fourth-order valence-corrected chi connectivity index (χ4v) is 5.65. The number of halogens is 1. The Morgan fingerprint density at radius 2 is 1.88 bits per heavy atom. The maximum atomic E-state index is 12.3. The van der Waals surface area contributed by atoms with Crippen LogP contribution in [-0.4, -0.2) is 93.6 Å². The molecule has 2 aliphatic heterocycles. The number of hydrogen-bond acceptors (Lipinski definition) is 5. The van der Waals surface area contributed by atoms with Crippen molar-refractivity contribution in [1.29, 1.82) is 0 Å². The highest BCUT2D eigenvalue weighted by Gasteiger charge is 2.40. The lowest BCUT2D eigenvalue weighted by Crippen LogP contribution is -2.57. The lowest BCUT2D eigenvalue weighted by Gasteiger charge is -2.39. The summed E-state index contributed by atoms with van der Waals surface area (Å²) in [5.41, 5.74) is 2.63. The topological polar surface area (TPSA) is 68.2 Å². The van der Waals surface area contributed by atoms with E-state index in [1.54, 1.807) is 0 Å². The number of hydrogen-bond donors (Lipinski definition) is 1. The molecule has 0 saturated carbocycles. The number of nitrogens with zero attached hydrogens (tertiary/aromatic N) is 4. The van der Waals surface area contributed by atoms with Gasteiger partial charge in [0.05, 0.1) is 10.5 Å². The summed E-state index contributed by atoms with van der Waals surface area (Å²) in [6.07, 6.45) is 1.01. The Kier molecular flexibility index (Phi) is 10.1. The molecule has 0 atom stereocenters. The standard InChI is InChI=1S/C23H39N5O2S.HI/c1-5-24-22(28-16-17-31(29,30)23(3,4)19-28)25-10-7-11-26-12-14-27(15-13-26)21-9-6-8-20(2)18-21;/h6,8-9,18H,5,7,10-17,19H2,1-4H3,(H,24,25);1H. The van der Waals surface area contributed by atoms with Gasteiger partial charge in [-0.2, -0.15) is 0 Å². The van der Waals surface area contributed by atoms with Gasteiger partial charge < -0.3 is 15.1 Å². The summed E-state index contributed by atoms with van der Waals surface area (Å²) in [5, 5.41) is 3.35. The summed E-state index contributed by atoms with van der Waals surface area (Å²) in [6.45, 7) is 15.7. The molecule has 1 N–H and O–H groups in total. The molecule has 9 heteroatoms. The van der Waals surface area contributed by atoms with E-state index in [0.717, 1.165) is 58.2 Å². The third-order valence-electron chi connectivity index (χ3n) is 6.31. The van der Waals surface area contributed by atoms with Crippen LogP contribution in [0, 0.1) is 6.92 Å². The summed E-state index contributed by atoms with van der Waals surface area (Å²) in [7, 11) is -3.04. The second kappa shape index (κ2) is 11.9. The maximum absolute atomic E-state index is 12.3.